The van der Waals surface area contributed by atoms with Crippen molar-refractivity contribution in [3.05, 3.63) is 23.0 Å². The zero-order chi connectivity index (χ0) is 22.2. The monoisotopic (exact) mass is 467 g/mol. The van der Waals surface area contributed by atoms with Crippen LogP contribution in [-0.4, -0.2) is 47.7 Å². The van der Waals surface area contributed by atoms with Gasteiger partial charge < -0.3 is 9.30 Å². The maximum atomic E-state index is 13.1. The first-order chi connectivity index (χ1) is 14.5. The highest BCUT2D eigenvalue weighted by Crippen LogP contribution is 2.64. The van der Waals surface area contributed by atoms with Crippen molar-refractivity contribution in [2.24, 2.45) is 17.3 Å². The fourth-order valence-corrected chi connectivity index (χ4v) is 9.74. The molecule has 1 aliphatic heterocycles. The summed E-state index contributed by atoms with van der Waals surface area (Å²) in [7, 11) is -3.02. The van der Waals surface area contributed by atoms with E-state index < -0.39 is 15.3 Å². The maximum Gasteiger partial charge on any atom is 0.312 e. The first kappa shape index (κ1) is 21.5. The quantitative estimate of drug-likeness (QED) is 0.374. The molecule has 0 radical (unpaired) electrons. The minimum absolute atomic E-state index is 0.108. The number of aryl methyl sites for hydroxylation is 1. The van der Waals surface area contributed by atoms with Crippen LogP contribution >= 0.6 is 11.6 Å². The number of carbonyl (C=O) groups is 2. The number of aromatic nitrogens is 1. The summed E-state index contributed by atoms with van der Waals surface area (Å²) in [6.45, 7) is 3.44. The van der Waals surface area contributed by atoms with Gasteiger partial charge in [-0.05, 0) is 76.7 Å². The Morgan fingerprint density at radius 1 is 1.19 bits per heavy atom. The molecule has 5 fully saturated rings. The lowest BCUT2D eigenvalue weighted by molar-refractivity contribution is -0.168. The molecule has 1 aromatic rings. The Hall–Kier alpha value is -1.34. The summed E-state index contributed by atoms with van der Waals surface area (Å²) in [5.41, 5.74) is 1.59. The predicted molar refractivity (Wildman–Crippen MR) is 117 cm³/mol. The number of nitrogens with zero attached hydrogens (tertiary/aromatic N) is 1. The van der Waals surface area contributed by atoms with Gasteiger partial charge in [0.25, 0.3) is 0 Å². The van der Waals surface area contributed by atoms with Crippen LogP contribution in [0.5, 0.6) is 0 Å². The molecule has 1 saturated heterocycles. The van der Waals surface area contributed by atoms with E-state index in [-0.39, 0.29) is 40.8 Å². The van der Waals surface area contributed by atoms with Gasteiger partial charge in [0.2, 0.25) is 5.78 Å². The third-order valence-corrected chi connectivity index (χ3v) is 10.3. The molecule has 31 heavy (non-hydrogen) atoms. The highest BCUT2D eigenvalue weighted by molar-refractivity contribution is 7.91. The Morgan fingerprint density at radius 2 is 1.87 bits per heavy atom. The summed E-state index contributed by atoms with van der Waals surface area (Å²) in [6, 6.07) is 1.65. The average molecular weight is 468 g/mol. The number of alkyl halides is 1. The van der Waals surface area contributed by atoms with E-state index in [0.29, 0.717) is 30.2 Å². The molecule has 6 rings (SSSR count). The lowest BCUT2D eigenvalue weighted by Crippen LogP contribution is -2.56. The zero-order valence-electron chi connectivity index (χ0n) is 18.2. The number of hydrogen-bond donors (Lipinski definition) is 0. The number of rotatable bonds is 5. The van der Waals surface area contributed by atoms with Crippen LogP contribution in [0.25, 0.3) is 0 Å². The van der Waals surface area contributed by atoms with E-state index in [1.165, 1.54) is 0 Å². The first-order valence-electron chi connectivity index (χ1n) is 11.3. The summed E-state index contributed by atoms with van der Waals surface area (Å²) in [4.78, 5) is 25.8. The Balaban J connectivity index is 1.28. The van der Waals surface area contributed by atoms with Gasteiger partial charge in [0.1, 0.15) is 0 Å². The van der Waals surface area contributed by atoms with Gasteiger partial charge in [-0.3, -0.25) is 9.59 Å². The van der Waals surface area contributed by atoms with E-state index in [1.807, 2.05) is 18.4 Å². The fraction of sp³-hybridized carbons (Fsp3) is 0.739. The summed E-state index contributed by atoms with van der Waals surface area (Å²) >= 11 is 6.83. The second kappa shape index (κ2) is 7.08. The summed E-state index contributed by atoms with van der Waals surface area (Å²) in [5, 5.41) is 0. The molecule has 0 aromatic carbocycles. The molecule has 8 heteroatoms. The van der Waals surface area contributed by atoms with E-state index in [4.69, 9.17) is 16.3 Å². The molecule has 0 spiro atoms. The molecule has 6 nitrogen and oxygen atoms in total. The van der Waals surface area contributed by atoms with Crippen molar-refractivity contribution in [2.45, 2.75) is 69.7 Å². The maximum absolute atomic E-state index is 13.1. The van der Waals surface area contributed by atoms with Crippen LogP contribution in [0.1, 0.15) is 72.7 Å². The highest BCUT2D eigenvalue weighted by Gasteiger charge is 2.60. The van der Waals surface area contributed by atoms with Crippen LogP contribution in [0.15, 0.2) is 6.07 Å². The molecule has 5 atom stereocenters. The van der Waals surface area contributed by atoms with Gasteiger partial charge in [0, 0.05) is 27.9 Å². The SMILES string of the molecule is Cc1cc(C(=O)COC(=O)C23C[C@@H]4C[C@@H](CC(Cl)(C4)C2)C3)c(C)n1[C@@H]1CCS(=O)(=O)C1. The number of Topliss-reactive ketones (excluding diaryl/α,β-unsaturated/α-hetero) is 1. The molecule has 5 aliphatic rings. The molecule has 2 unspecified atom stereocenters. The molecular weight excluding hydrogens is 438 g/mol. The number of ether oxygens (including phenoxy) is 1. The van der Waals surface area contributed by atoms with Crippen LogP contribution in [0.3, 0.4) is 0 Å². The van der Waals surface area contributed by atoms with Crippen LogP contribution < -0.4 is 0 Å². The largest absolute Gasteiger partial charge is 0.457 e. The predicted octanol–water partition coefficient (Wildman–Crippen LogP) is 3.77. The second-order valence-corrected chi connectivity index (χ2v) is 13.6. The topological polar surface area (TPSA) is 82.4 Å². The number of hydrogen-bond acceptors (Lipinski definition) is 5. The lowest BCUT2D eigenvalue weighted by Gasteiger charge is -2.58. The molecule has 4 bridgehead atoms. The van der Waals surface area contributed by atoms with Crippen molar-refractivity contribution in [1.82, 2.24) is 4.57 Å². The van der Waals surface area contributed by atoms with E-state index >= 15 is 0 Å². The van der Waals surface area contributed by atoms with Gasteiger partial charge in [0.05, 0.1) is 16.9 Å². The van der Waals surface area contributed by atoms with Crippen molar-refractivity contribution < 1.29 is 22.7 Å². The molecule has 170 valence electrons. The van der Waals surface area contributed by atoms with Gasteiger partial charge in [-0.25, -0.2) is 8.42 Å². The van der Waals surface area contributed by atoms with Crippen molar-refractivity contribution in [3.8, 4) is 0 Å². The third kappa shape index (κ3) is 3.65. The van der Waals surface area contributed by atoms with Crippen molar-refractivity contribution >= 4 is 33.2 Å². The lowest BCUT2D eigenvalue weighted by atomic mass is 9.49. The summed E-state index contributed by atoms with van der Waals surface area (Å²) in [5.74, 6) is 0.764. The number of ketones is 1. The third-order valence-electron chi connectivity index (χ3n) is 8.12. The molecule has 2 heterocycles. The highest BCUT2D eigenvalue weighted by atomic mass is 35.5. The zero-order valence-corrected chi connectivity index (χ0v) is 19.7. The Morgan fingerprint density at radius 3 is 2.45 bits per heavy atom. The van der Waals surface area contributed by atoms with Gasteiger partial charge in [-0.2, -0.15) is 0 Å². The summed E-state index contributed by atoms with van der Waals surface area (Å²) < 4.78 is 31.3. The number of halogens is 1. The fourth-order valence-electron chi connectivity index (χ4n) is 7.35. The Kier molecular flexibility index (Phi) is 4.91. The summed E-state index contributed by atoms with van der Waals surface area (Å²) in [6.07, 6.45) is 6.01. The van der Waals surface area contributed by atoms with Gasteiger partial charge >= 0.3 is 5.97 Å². The van der Waals surface area contributed by atoms with Crippen LogP contribution in [0.4, 0.5) is 0 Å². The van der Waals surface area contributed by atoms with E-state index in [9.17, 15) is 18.0 Å². The van der Waals surface area contributed by atoms with E-state index in [0.717, 1.165) is 43.5 Å². The van der Waals surface area contributed by atoms with E-state index in [1.54, 1.807) is 6.07 Å². The molecule has 4 saturated carbocycles. The standard InChI is InChI=1S/C23H30ClNO5S/c1-14-5-19(15(2)25(14)18-3-4-31(28,29)12-18)20(26)11-30-21(27)22-7-16-6-17(8-22)10-23(24,9-16)13-22/h5,16-18H,3-4,6-13H2,1-2H3/t16-,17+,18-,22?,23?/m1/s1. The Bertz CT molecular complexity index is 1040. The Labute approximate surface area is 188 Å². The van der Waals surface area contributed by atoms with Crippen LogP contribution in [0, 0.1) is 31.1 Å². The smallest absolute Gasteiger partial charge is 0.312 e. The minimum Gasteiger partial charge on any atom is -0.457 e. The van der Waals surface area contributed by atoms with E-state index in [2.05, 4.69) is 0 Å². The number of sulfone groups is 1. The number of carbonyl (C=O) groups excluding carboxylic acids is 2. The molecule has 0 amide bonds. The molecule has 0 N–H and O–H groups in total. The molecular formula is C23H30ClNO5S. The van der Waals surface area contributed by atoms with Crippen LogP contribution in [-0.2, 0) is 19.4 Å². The van der Waals surface area contributed by atoms with Crippen molar-refractivity contribution in [3.63, 3.8) is 0 Å². The van der Waals surface area contributed by atoms with Gasteiger partial charge in [-0.1, -0.05) is 0 Å². The normalized spacial score (nSPS) is 37.8. The van der Waals surface area contributed by atoms with Gasteiger partial charge in [-0.15, -0.1) is 11.6 Å². The molecule has 1 aromatic heterocycles. The average Bonchev–Trinajstić information content (AvgIpc) is 3.15. The van der Waals surface area contributed by atoms with Crippen LogP contribution in [0.2, 0.25) is 0 Å². The first-order valence-corrected chi connectivity index (χ1v) is 13.5. The van der Waals surface area contributed by atoms with Crippen molar-refractivity contribution in [2.75, 3.05) is 18.1 Å². The minimum atomic E-state index is -3.02. The second-order valence-electron chi connectivity index (χ2n) is 10.6. The van der Waals surface area contributed by atoms with Crippen molar-refractivity contribution in [1.29, 1.82) is 0 Å². The number of esters is 1. The van der Waals surface area contributed by atoms with Gasteiger partial charge in [0.15, 0.2) is 16.4 Å². The molecule has 4 aliphatic carbocycles.